The molecule has 3 rings (SSSR count). The molecule has 0 saturated carbocycles. The Morgan fingerprint density at radius 3 is 2.04 bits per heavy atom. The average Bonchev–Trinajstić information content (AvgIpc) is 2.88. The van der Waals surface area contributed by atoms with Gasteiger partial charge in [0.05, 0.1) is 10.6 Å². The van der Waals surface area contributed by atoms with Crippen LogP contribution in [0.3, 0.4) is 0 Å². The van der Waals surface area contributed by atoms with Gasteiger partial charge in [-0.1, -0.05) is 28.5 Å². The Morgan fingerprint density at radius 2 is 1.48 bits per heavy atom. The number of amides is 1. The van der Waals surface area contributed by atoms with Crippen LogP contribution in [0.15, 0.2) is 30.3 Å². The number of carbonyl (C=O) groups is 1. The third-order valence-electron chi connectivity index (χ3n) is 3.75. The van der Waals surface area contributed by atoms with Crippen molar-refractivity contribution in [3.63, 3.8) is 0 Å². The van der Waals surface area contributed by atoms with Crippen LogP contribution in [0.1, 0.15) is 29.4 Å². The minimum atomic E-state index is -0.116. The van der Waals surface area contributed by atoms with Gasteiger partial charge in [-0.15, -0.1) is 0 Å². The number of hydrogen-bond acceptors (Lipinski definition) is 4. The molecule has 0 atom stereocenters. The highest BCUT2D eigenvalue weighted by Crippen LogP contribution is 2.40. The summed E-state index contributed by atoms with van der Waals surface area (Å²) in [7, 11) is 0. The first-order chi connectivity index (χ1) is 11.8. The lowest BCUT2D eigenvalue weighted by Gasteiger charge is -2.07. The summed E-state index contributed by atoms with van der Waals surface area (Å²) in [6.45, 7) is 9.64. The van der Waals surface area contributed by atoms with E-state index in [1.807, 2.05) is 13.8 Å². The van der Waals surface area contributed by atoms with Gasteiger partial charge >= 0.3 is 0 Å². The molecule has 0 saturated heterocycles. The van der Waals surface area contributed by atoms with E-state index in [1.165, 1.54) is 29.4 Å². The second kappa shape index (κ2) is 6.76. The lowest BCUT2D eigenvalue weighted by atomic mass is 10.0. The summed E-state index contributed by atoms with van der Waals surface area (Å²) in [4.78, 5) is 21.7. The molecule has 0 unspecified atom stereocenters. The number of nitrogens with one attached hydrogen (secondary N) is 1. The van der Waals surface area contributed by atoms with Crippen LogP contribution in [0.25, 0.3) is 21.7 Å². The maximum atomic E-state index is 11.5. The van der Waals surface area contributed by atoms with Crippen LogP contribution >= 0.6 is 11.3 Å². The molecule has 128 valence electrons. The van der Waals surface area contributed by atoms with Gasteiger partial charge in [-0.05, 0) is 57.5 Å². The fourth-order valence-corrected chi connectivity index (χ4v) is 4.01. The van der Waals surface area contributed by atoms with Gasteiger partial charge < -0.3 is 5.32 Å². The Balaban J connectivity index is 2.22. The van der Waals surface area contributed by atoms with E-state index in [1.54, 1.807) is 0 Å². The van der Waals surface area contributed by atoms with Crippen LogP contribution in [0.2, 0.25) is 0 Å². The first kappa shape index (κ1) is 17.3. The van der Waals surface area contributed by atoms with E-state index >= 15 is 0 Å². The first-order valence-corrected chi connectivity index (χ1v) is 8.96. The predicted molar refractivity (Wildman–Crippen MR) is 104 cm³/mol. The molecular formula is C20H21N3OS. The van der Waals surface area contributed by atoms with Crippen molar-refractivity contribution in [2.75, 3.05) is 5.32 Å². The molecule has 0 aliphatic rings. The molecule has 2 heterocycles. The Kier molecular flexibility index (Phi) is 4.68. The molecule has 1 N–H and O–H groups in total. The number of rotatable bonds is 3. The Morgan fingerprint density at radius 1 is 0.880 bits per heavy atom. The fraction of sp³-hybridized carbons (Fsp3) is 0.250. The van der Waals surface area contributed by atoms with Crippen LogP contribution in [0.5, 0.6) is 0 Å². The topological polar surface area (TPSA) is 54.9 Å². The van der Waals surface area contributed by atoms with Crippen molar-refractivity contribution in [3.05, 3.63) is 52.8 Å². The van der Waals surface area contributed by atoms with Gasteiger partial charge in [-0.2, -0.15) is 0 Å². The van der Waals surface area contributed by atoms with E-state index in [0.717, 1.165) is 33.1 Å². The van der Waals surface area contributed by atoms with Crippen molar-refractivity contribution >= 4 is 22.4 Å². The number of hydrogen-bond donors (Lipinski definition) is 1. The van der Waals surface area contributed by atoms with E-state index in [9.17, 15) is 4.79 Å². The molecule has 4 nitrogen and oxygen atoms in total. The Hall–Kier alpha value is -2.53. The number of nitrogens with zero attached hydrogens (tertiary/aromatic N) is 2. The second-order valence-electron chi connectivity index (χ2n) is 6.39. The number of benzene rings is 1. The van der Waals surface area contributed by atoms with Crippen molar-refractivity contribution in [1.82, 2.24) is 9.97 Å². The predicted octanol–water partition coefficient (Wildman–Crippen LogP) is 5.06. The maximum absolute atomic E-state index is 11.5. The van der Waals surface area contributed by atoms with Crippen molar-refractivity contribution in [3.8, 4) is 21.7 Å². The lowest BCUT2D eigenvalue weighted by Crippen LogP contribution is -2.04. The molecule has 5 heteroatoms. The highest BCUT2D eigenvalue weighted by Gasteiger charge is 2.17. The minimum Gasteiger partial charge on any atom is -0.302 e. The number of thiazole rings is 1. The summed E-state index contributed by atoms with van der Waals surface area (Å²) in [5.74, 6) is -0.116. The van der Waals surface area contributed by atoms with Crippen LogP contribution in [-0.2, 0) is 4.79 Å². The smallest absolute Gasteiger partial charge is 0.223 e. The molecule has 0 fully saturated rings. The van der Waals surface area contributed by atoms with E-state index < -0.39 is 0 Å². The molecule has 3 aromatic rings. The van der Waals surface area contributed by atoms with Crippen LogP contribution in [0.4, 0.5) is 5.13 Å². The maximum Gasteiger partial charge on any atom is 0.223 e. The molecule has 0 aliphatic carbocycles. The molecule has 0 bridgehead atoms. The summed E-state index contributed by atoms with van der Waals surface area (Å²) in [5.41, 5.74) is 7.35. The zero-order chi connectivity index (χ0) is 18.1. The molecular weight excluding hydrogens is 330 g/mol. The lowest BCUT2D eigenvalue weighted by molar-refractivity contribution is -0.114. The number of aryl methyl sites for hydroxylation is 4. The SMILES string of the molecule is CC(=O)Nc1nc(-c2cc(C)cc(C)c2)c(-c2cc(C)nc(C)c2)s1. The van der Waals surface area contributed by atoms with Gasteiger partial charge in [0.25, 0.3) is 0 Å². The van der Waals surface area contributed by atoms with E-state index in [4.69, 9.17) is 4.98 Å². The largest absolute Gasteiger partial charge is 0.302 e. The van der Waals surface area contributed by atoms with Gasteiger partial charge in [0, 0.05) is 23.9 Å². The Labute approximate surface area is 152 Å². The highest BCUT2D eigenvalue weighted by atomic mass is 32.1. The normalized spacial score (nSPS) is 10.8. The third-order valence-corrected chi connectivity index (χ3v) is 4.77. The van der Waals surface area contributed by atoms with Gasteiger partial charge in [-0.25, -0.2) is 4.98 Å². The molecule has 1 amide bonds. The zero-order valence-corrected chi connectivity index (χ0v) is 15.9. The van der Waals surface area contributed by atoms with Crippen LogP contribution < -0.4 is 5.32 Å². The van der Waals surface area contributed by atoms with Crippen molar-refractivity contribution < 1.29 is 4.79 Å². The minimum absolute atomic E-state index is 0.116. The highest BCUT2D eigenvalue weighted by molar-refractivity contribution is 7.19. The summed E-state index contributed by atoms with van der Waals surface area (Å²) in [6, 6.07) is 10.5. The number of pyridine rings is 1. The van der Waals surface area contributed by atoms with E-state index in [0.29, 0.717) is 5.13 Å². The second-order valence-corrected chi connectivity index (χ2v) is 7.39. The fourth-order valence-electron chi connectivity index (χ4n) is 2.99. The van der Waals surface area contributed by atoms with Gasteiger partial charge in [0.2, 0.25) is 5.91 Å². The summed E-state index contributed by atoms with van der Waals surface area (Å²) < 4.78 is 0. The quantitative estimate of drug-likeness (QED) is 0.717. The molecule has 0 spiro atoms. The van der Waals surface area contributed by atoms with Gasteiger partial charge in [0.15, 0.2) is 5.13 Å². The zero-order valence-electron chi connectivity index (χ0n) is 15.1. The van der Waals surface area contributed by atoms with E-state index in [-0.39, 0.29) is 5.91 Å². The van der Waals surface area contributed by atoms with Crippen LogP contribution in [-0.4, -0.2) is 15.9 Å². The third kappa shape index (κ3) is 3.94. The first-order valence-electron chi connectivity index (χ1n) is 8.14. The van der Waals surface area contributed by atoms with Gasteiger partial charge in [-0.3, -0.25) is 9.78 Å². The summed E-state index contributed by atoms with van der Waals surface area (Å²) >= 11 is 1.49. The number of aromatic nitrogens is 2. The number of carbonyl (C=O) groups excluding carboxylic acids is 1. The summed E-state index contributed by atoms with van der Waals surface area (Å²) in [6.07, 6.45) is 0. The average molecular weight is 351 g/mol. The van der Waals surface area contributed by atoms with Gasteiger partial charge in [0.1, 0.15) is 0 Å². The standard InChI is InChI=1S/C20H21N3OS/c1-11-6-12(2)8-16(7-11)18-19(25-20(23-18)22-15(5)24)17-9-13(3)21-14(4)10-17/h6-10H,1-5H3,(H,22,23,24). The van der Waals surface area contributed by atoms with Crippen LogP contribution in [0, 0.1) is 27.7 Å². The van der Waals surface area contributed by atoms with E-state index in [2.05, 4.69) is 54.5 Å². The summed E-state index contributed by atoms with van der Waals surface area (Å²) in [5, 5.41) is 3.43. The molecule has 1 aromatic carbocycles. The molecule has 0 radical (unpaired) electrons. The molecule has 25 heavy (non-hydrogen) atoms. The Bertz CT molecular complexity index is 850. The monoisotopic (exact) mass is 351 g/mol. The van der Waals surface area contributed by atoms with Crippen molar-refractivity contribution in [2.45, 2.75) is 34.6 Å². The van der Waals surface area contributed by atoms with Crippen molar-refractivity contribution in [1.29, 1.82) is 0 Å². The molecule has 0 aliphatic heterocycles. The van der Waals surface area contributed by atoms with Crippen molar-refractivity contribution in [2.24, 2.45) is 0 Å². The molecule has 2 aromatic heterocycles. The number of anilines is 1.